The average Bonchev–Trinajstić information content (AvgIpc) is 2.60. The molecule has 124 valence electrons. The molecule has 0 aliphatic rings. The third-order valence-electron chi connectivity index (χ3n) is 3.54. The van der Waals surface area contributed by atoms with Crippen molar-refractivity contribution in [1.82, 2.24) is 4.98 Å². The molecule has 0 saturated carbocycles. The first kappa shape index (κ1) is 16.1. The second-order valence-electron chi connectivity index (χ2n) is 5.13. The van der Waals surface area contributed by atoms with Crippen molar-refractivity contribution in [1.29, 1.82) is 0 Å². The Morgan fingerprint density at radius 1 is 1.12 bits per heavy atom. The number of carboxylic acid groups (broad SMARTS) is 1. The summed E-state index contributed by atoms with van der Waals surface area (Å²) in [6.45, 7) is 0. The Balaban J connectivity index is 2.02. The maximum atomic E-state index is 12.5. The Bertz CT molecular complexity index is 984. The minimum absolute atomic E-state index is 0.304. The molecule has 2 N–H and O–H groups in total. The van der Waals surface area contributed by atoms with Gasteiger partial charge in [-0.05, 0) is 18.2 Å². The molecule has 1 amide bonds. The largest absolute Gasteiger partial charge is 0.478 e. The zero-order valence-corrected chi connectivity index (χ0v) is 12.7. The number of hydrogen-bond acceptors (Lipinski definition) is 5. The van der Waals surface area contributed by atoms with Crippen LogP contribution in [-0.2, 0) is 0 Å². The van der Waals surface area contributed by atoms with Crippen molar-refractivity contribution in [2.24, 2.45) is 0 Å². The van der Waals surface area contributed by atoms with Crippen LogP contribution in [0.3, 0.4) is 0 Å². The van der Waals surface area contributed by atoms with Crippen molar-refractivity contribution in [2.75, 3.05) is 5.32 Å². The zero-order chi connectivity index (χ0) is 18.0. The van der Waals surface area contributed by atoms with Gasteiger partial charge in [0.25, 0.3) is 11.6 Å². The molecule has 3 aromatic rings. The molecule has 0 aliphatic heterocycles. The molecule has 0 aliphatic carbocycles. The fourth-order valence-electron chi connectivity index (χ4n) is 2.44. The van der Waals surface area contributed by atoms with Gasteiger partial charge in [0.15, 0.2) is 0 Å². The van der Waals surface area contributed by atoms with Crippen LogP contribution >= 0.6 is 0 Å². The number of nitrogens with one attached hydrogen (secondary N) is 1. The number of nitro groups is 1. The number of pyridine rings is 1. The zero-order valence-electron chi connectivity index (χ0n) is 12.7. The number of carbonyl (C=O) groups is 2. The van der Waals surface area contributed by atoms with Gasteiger partial charge in [0.05, 0.1) is 27.9 Å². The van der Waals surface area contributed by atoms with Gasteiger partial charge in [-0.25, -0.2) is 4.79 Å². The number of para-hydroxylation sites is 1. The first-order valence-corrected chi connectivity index (χ1v) is 7.14. The van der Waals surface area contributed by atoms with E-state index in [0.717, 1.165) is 23.0 Å². The van der Waals surface area contributed by atoms with Gasteiger partial charge < -0.3 is 10.4 Å². The molecule has 1 heterocycles. The van der Waals surface area contributed by atoms with Gasteiger partial charge in [-0.2, -0.15) is 0 Å². The number of rotatable bonds is 4. The van der Waals surface area contributed by atoms with E-state index in [2.05, 4.69) is 10.3 Å². The first-order valence-electron chi connectivity index (χ1n) is 7.14. The molecule has 0 saturated heterocycles. The van der Waals surface area contributed by atoms with E-state index in [1.165, 1.54) is 12.3 Å². The predicted octanol–water partition coefficient (Wildman–Crippen LogP) is 3.09. The van der Waals surface area contributed by atoms with Crippen LogP contribution in [0, 0.1) is 10.1 Å². The fourth-order valence-corrected chi connectivity index (χ4v) is 2.44. The maximum Gasteiger partial charge on any atom is 0.336 e. The summed E-state index contributed by atoms with van der Waals surface area (Å²) in [5.74, 6) is -2.31. The van der Waals surface area contributed by atoms with Crippen LogP contribution in [0.1, 0.15) is 20.7 Å². The number of carbonyl (C=O) groups excluding carboxylic acids is 1. The SMILES string of the molecule is O=C(O)c1cccc([N+](=O)[O-])c1C(=O)Nc1cnc2ccccc2c1. The normalized spacial score (nSPS) is 10.4. The summed E-state index contributed by atoms with van der Waals surface area (Å²) in [6.07, 6.45) is 1.40. The maximum absolute atomic E-state index is 12.5. The van der Waals surface area contributed by atoms with Gasteiger partial charge in [0.1, 0.15) is 5.56 Å². The number of carboxylic acids is 1. The van der Waals surface area contributed by atoms with Gasteiger partial charge in [-0.15, -0.1) is 0 Å². The lowest BCUT2D eigenvalue weighted by Gasteiger charge is -2.09. The highest BCUT2D eigenvalue weighted by Crippen LogP contribution is 2.24. The van der Waals surface area contributed by atoms with E-state index < -0.39 is 33.6 Å². The molecule has 0 spiro atoms. The molecule has 0 radical (unpaired) electrons. The number of fused-ring (bicyclic) bond motifs is 1. The van der Waals surface area contributed by atoms with Crippen LogP contribution in [0.4, 0.5) is 11.4 Å². The molecule has 0 fully saturated rings. The second-order valence-corrected chi connectivity index (χ2v) is 5.13. The van der Waals surface area contributed by atoms with E-state index in [0.29, 0.717) is 5.69 Å². The lowest BCUT2D eigenvalue weighted by Crippen LogP contribution is -2.18. The minimum Gasteiger partial charge on any atom is -0.478 e. The van der Waals surface area contributed by atoms with Crippen LogP contribution in [0.15, 0.2) is 54.7 Å². The number of aromatic carboxylic acids is 1. The molecule has 3 rings (SSSR count). The molecule has 8 heteroatoms. The Kier molecular flexibility index (Phi) is 4.09. The number of anilines is 1. The highest BCUT2D eigenvalue weighted by Gasteiger charge is 2.27. The van der Waals surface area contributed by atoms with Crippen LogP contribution < -0.4 is 5.32 Å². The molecule has 8 nitrogen and oxygen atoms in total. The van der Waals surface area contributed by atoms with E-state index in [1.54, 1.807) is 24.3 Å². The third kappa shape index (κ3) is 3.13. The topological polar surface area (TPSA) is 122 Å². The van der Waals surface area contributed by atoms with Crippen LogP contribution in [0.2, 0.25) is 0 Å². The molecule has 0 atom stereocenters. The summed E-state index contributed by atoms with van der Waals surface area (Å²) in [5, 5.41) is 23.6. The predicted molar refractivity (Wildman–Crippen MR) is 89.8 cm³/mol. The quantitative estimate of drug-likeness (QED) is 0.557. The van der Waals surface area contributed by atoms with Crippen LogP contribution in [0.5, 0.6) is 0 Å². The van der Waals surface area contributed by atoms with Crippen molar-refractivity contribution in [3.8, 4) is 0 Å². The van der Waals surface area contributed by atoms with E-state index >= 15 is 0 Å². The number of benzene rings is 2. The number of hydrogen-bond donors (Lipinski definition) is 2. The molecular formula is C17H11N3O5. The van der Waals surface area contributed by atoms with Gasteiger partial charge in [-0.3, -0.25) is 19.9 Å². The second kappa shape index (κ2) is 6.36. The van der Waals surface area contributed by atoms with Crippen molar-refractivity contribution < 1.29 is 19.6 Å². The van der Waals surface area contributed by atoms with Gasteiger partial charge in [-0.1, -0.05) is 24.3 Å². The van der Waals surface area contributed by atoms with Crippen molar-refractivity contribution in [3.63, 3.8) is 0 Å². The molecular weight excluding hydrogens is 326 g/mol. The smallest absolute Gasteiger partial charge is 0.336 e. The fraction of sp³-hybridized carbons (Fsp3) is 0. The summed E-state index contributed by atoms with van der Waals surface area (Å²) < 4.78 is 0. The molecule has 1 aromatic heterocycles. The van der Waals surface area contributed by atoms with Crippen LogP contribution in [-0.4, -0.2) is 26.9 Å². The van der Waals surface area contributed by atoms with E-state index in [4.69, 9.17) is 0 Å². The number of nitrogens with zero attached hydrogens (tertiary/aromatic N) is 2. The van der Waals surface area contributed by atoms with Gasteiger partial charge in [0, 0.05) is 11.5 Å². The van der Waals surface area contributed by atoms with Crippen molar-refractivity contribution in [3.05, 3.63) is 76.0 Å². The monoisotopic (exact) mass is 337 g/mol. The highest BCUT2D eigenvalue weighted by molar-refractivity contribution is 6.13. The summed E-state index contributed by atoms with van der Waals surface area (Å²) >= 11 is 0. The highest BCUT2D eigenvalue weighted by atomic mass is 16.6. The number of nitro benzene ring substituents is 1. The van der Waals surface area contributed by atoms with E-state index in [9.17, 15) is 24.8 Å². The van der Waals surface area contributed by atoms with Gasteiger partial charge >= 0.3 is 5.97 Å². The summed E-state index contributed by atoms with van der Waals surface area (Å²) in [6, 6.07) is 12.3. The lowest BCUT2D eigenvalue weighted by molar-refractivity contribution is -0.385. The minimum atomic E-state index is -1.43. The molecule has 0 bridgehead atoms. The Morgan fingerprint density at radius 3 is 2.60 bits per heavy atom. The Hall–Kier alpha value is -3.81. The average molecular weight is 337 g/mol. The molecule has 2 aromatic carbocycles. The van der Waals surface area contributed by atoms with E-state index in [-0.39, 0.29) is 0 Å². The Labute approximate surface area is 140 Å². The summed E-state index contributed by atoms with van der Waals surface area (Å²) in [7, 11) is 0. The first-order chi connectivity index (χ1) is 12.0. The molecule has 25 heavy (non-hydrogen) atoms. The van der Waals surface area contributed by atoms with Crippen molar-refractivity contribution in [2.45, 2.75) is 0 Å². The Morgan fingerprint density at radius 2 is 1.88 bits per heavy atom. The third-order valence-corrected chi connectivity index (χ3v) is 3.54. The summed E-state index contributed by atoms with van der Waals surface area (Å²) in [4.78, 5) is 38.3. The lowest BCUT2D eigenvalue weighted by atomic mass is 10.0. The van der Waals surface area contributed by atoms with Crippen LogP contribution in [0.25, 0.3) is 10.9 Å². The van der Waals surface area contributed by atoms with Crippen molar-refractivity contribution >= 4 is 34.2 Å². The standard InChI is InChI=1S/C17H11N3O5/c21-16(15-12(17(22)23)5-3-7-14(15)20(24)25)19-11-8-10-4-1-2-6-13(10)18-9-11/h1-9H,(H,19,21)(H,22,23). The number of aromatic nitrogens is 1. The summed E-state index contributed by atoms with van der Waals surface area (Å²) in [5.41, 5.74) is -0.504. The number of amides is 1. The van der Waals surface area contributed by atoms with E-state index in [1.807, 2.05) is 6.07 Å². The molecule has 0 unspecified atom stereocenters. The van der Waals surface area contributed by atoms with Gasteiger partial charge in [0.2, 0.25) is 0 Å².